The fraction of sp³-hybridized carbons (Fsp3) is 0.316. The molecule has 4 nitrogen and oxygen atoms in total. The highest BCUT2D eigenvalue weighted by molar-refractivity contribution is 6.03. The van der Waals surface area contributed by atoms with Gasteiger partial charge in [-0.15, -0.1) is 0 Å². The number of nitrogens with zero attached hydrogens (tertiary/aromatic N) is 1. The fourth-order valence-corrected chi connectivity index (χ4v) is 3.10. The van der Waals surface area contributed by atoms with Crippen molar-refractivity contribution < 1.29 is 14.3 Å². The Morgan fingerprint density at radius 1 is 0.913 bits per heavy atom. The first kappa shape index (κ1) is 14.4. The summed E-state index contributed by atoms with van der Waals surface area (Å²) in [4.78, 5) is 5.60. The van der Waals surface area contributed by atoms with Crippen LogP contribution in [0.1, 0.15) is 23.0 Å². The third-order valence-electron chi connectivity index (χ3n) is 4.44. The Bertz CT molecular complexity index is 714. The maximum absolute atomic E-state index is 6.05. The van der Waals surface area contributed by atoms with E-state index < -0.39 is 0 Å². The molecule has 0 amide bonds. The Labute approximate surface area is 135 Å². The third-order valence-corrected chi connectivity index (χ3v) is 4.44. The van der Waals surface area contributed by atoms with E-state index in [0.29, 0.717) is 13.2 Å². The van der Waals surface area contributed by atoms with Crippen LogP contribution in [-0.2, 0) is 14.3 Å². The summed E-state index contributed by atoms with van der Waals surface area (Å²) in [5.74, 6) is 0.103. The standard InChI is InChI=1S/C19H19NO3/c1-13-7-5-6-10-15(13)19-21-11-16-17(12-22-19)23-20-18(16)14-8-3-2-4-9-14/h2-10,16-17,19H,11-12H2,1H3/t16-,17+,19+/m1/s1. The predicted molar refractivity (Wildman–Crippen MR) is 87.2 cm³/mol. The monoisotopic (exact) mass is 309 g/mol. The highest BCUT2D eigenvalue weighted by Gasteiger charge is 2.39. The minimum atomic E-state index is -0.345. The summed E-state index contributed by atoms with van der Waals surface area (Å²) in [5.41, 5.74) is 4.27. The molecule has 0 bridgehead atoms. The van der Waals surface area contributed by atoms with Crippen molar-refractivity contribution in [3.8, 4) is 0 Å². The van der Waals surface area contributed by atoms with E-state index in [1.807, 2.05) is 36.4 Å². The molecule has 2 aliphatic heterocycles. The first-order valence-electron chi connectivity index (χ1n) is 7.91. The summed E-state index contributed by atoms with van der Waals surface area (Å²) in [6.07, 6.45) is -0.429. The average molecular weight is 309 g/mol. The van der Waals surface area contributed by atoms with Gasteiger partial charge in [-0.1, -0.05) is 59.8 Å². The molecule has 0 aromatic heterocycles. The lowest BCUT2D eigenvalue weighted by Crippen LogP contribution is -2.29. The lowest BCUT2D eigenvalue weighted by molar-refractivity contribution is -0.139. The second-order valence-electron chi connectivity index (χ2n) is 5.95. The number of benzene rings is 2. The normalized spacial score (nSPS) is 26.8. The van der Waals surface area contributed by atoms with Crippen LogP contribution in [0.5, 0.6) is 0 Å². The highest BCUT2D eigenvalue weighted by Crippen LogP contribution is 2.32. The Morgan fingerprint density at radius 2 is 1.65 bits per heavy atom. The van der Waals surface area contributed by atoms with E-state index in [0.717, 1.165) is 16.8 Å². The number of fused-ring (bicyclic) bond motifs is 1. The Hall–Kier alpha value is -2.17. The predicted octanol–water partition coefficient (Wildman–Crippen LogP) is 3.46. The summed E-state index contributed by atoms with van der Waals surface area (Å²) in [6.45, 7) is 3.09. The van der Waals surface area contributed by atoms with Crippen LogP contribution in [0.2, 0.25) is 0 Å². The van der Waals surface area contributed by atoms with Crippen LogP contribution >= 0.6 is 0 Å². The van der Waals surface area contributed by atoms with E-state index >= 15 is 0 Å². The first-order valence-corrected chi connectivity index (χ1v) is 7.91. The Kier molecular flexibility index (Phi) is 3.85. The van der Waals surface area contributed by atoms with E-state index in [1.54, 1.807) is 0 Å². The lowest BCUT2D eigenvalue weighted by atomic mass is 9.93. The van der Waals surface area contributed by atoms with Gasteiger partial charge in [0, 0.05) is 5.56 Å². The maximum Gasteiger partial charge on any atom is 0.184 e. The molecule has 0 saturated carbocycles. The summed E-state index contributed by atoms with van der Waals surface area (Å²) >= 11 is 0. The van der Waals surface area contributed by atoms with E-state index in [1.165, 1.54) is 5.56 Å². The van der Waals surface area contributed by atoms with Gasteiger partial charge in [0.25, 0.3) is 0 Å². The number of ether oxygens (including phenoxy) is 2. The molecule has 0 radical (unpaired) electrons. The quantitative estimate of drug-likeness (QED) is 0.853. The Morgan fingerprint density at radius 3 is 2.48 bits per heavy atom. The average Bonchev–Trinajstić information content (AvgIpc) is 2.88. The van der Waals surface area contributed by atoms with Crippen molar-refractivity contribution >= 4 is 5.71 Å². The number of hydrogen-bond acceptors (Lipinski definition) is 4. The summed E-state index contributed by atoms with van der Waals surface area (Å²) in [7, 11) is 0. The van der Waals surface area contributed by atoms with Crippen molar-refractivity contribution in [1.82, 2.24) is 0 Å². The largest absolute Gasteiger partial charge is 0.389 e. The molecule has 2 heterocycles. The zero-order valence-corrected chi connectivity index (χ0v) is 13.0. The van der Waals surface area contributed by atoms with Gasteiger partial charge in [-0.2, -0.15) is 0 Å². The van der Waals surface area contributed by atoms with Crippen molar-refractivity contribution in [2.75, 3.05) is 13.2 Å². The van der Waals surface area contributed by atoms with Crippen LogP contribution in [0, 0.1) is 12.8 Å². The van der Waals surface area contributed by atoms with Gasteiger partial charge in [0.15, 0.2) is 12.4 Å². The smallest absolute Gasteiger partial charge is 0.184 e. The number of rotatable bonds is 2. The third kappa shape index (κ3) is 2.76. The van der Waals surface area contributed by atoms with Crippen molar-refractivity contribution in [2.24, 2.45) is 11.1 Å². The maximum atomic E-state index is 6.05. The van der Waals surface area contributed by atoms with Gasteiger partial charge in [-0.25, -0.2) is 0 Å². The summed E-state index contributed by atoms with van der Waals surface area (Å²) < 4.78 is 12.0. The molecular weight excluding hydrogens is 290 g/mol. The summed E-state index contributed by atoms with van der Waals surface area (Å²) in [6, 6.07) is 18.3. The summed E-state index contributed by atoms with van der Waals surface area (Å²) in [5, 5.41) is 4.26. The minimum absolute atomic E-state index is 0.0841. The molecule has 4 rings (SSSR count). The minimum Gasteiger partial charge on any atom is -0.389 e. The number of aryl methyl sites for hydroxylation is 1. The van der Waals surface area contributed by atoms with E-state index in [-0.39, 0.29) is 18.3 Å². The van der Waals surface area contributed by atoms with Gasteiger partial charge in [0.2, 0.25) is 0 Å². The van der Waals surface area contributed by atoms with E-state index in [4.69, 9.17) is 14.3 Å². The molecule has 3 atom stereocenters. The molecule has 2 aromatic carbocycles. The molecule has 0 unspecified atom stereocenters. The lowest BCUT2D eigenvalue weighted by Gasteiger charge is -2.18. The van der Waals surface area contributed by atoms with Gasteiger partial charge < -0.3 is 14.3 Å². The molecule has 0 aliphatic carbocycles. The molecule has 1 fully saturated rings. The van der Waals surface area contributed by atoms with Crippen molar-refractivity contribution in [2.45, 2.75) is 19.3 Å². The molecule has 0 N–H and O–H groups in total. The molecule has 4 heteroatoms. The van der Waals surface area contributed by atoms with Gasteiger partial charge >= 0.3 is 0 Å². The zero-order valence-electron chi connectivity index (χ0n) is 13.0. The fourth-order valence-electron chi connectivity index (χ4n) is 3.10. The van der Waals surface area contributed by atoms with E-state index in [9.17, 15) is 0 Å². The molecule has 1 saturated heterocycles. The van der Waals surface area contributed by atoms with Gasteiger partial charge in [0.05, 0.1) is 24.8 Å². The van der Waals surface area contributed by atoms with Crippen molar-refractivity contribution in [3.05, 3.63) is 71.3 Å². The molecule has 2 aromatic rings. The first-order chi connectivity index (χ1) is 11.3. The van der Waals surface area contributed by atoms with Crippen LogP contribution in [0.3, 0.4) is 0 Å². The van der Waals surface area contributed by atoms with Crippen LogP contribution in [-0.4, -0.2) is 25.0 Å². The molecule has 2 aliphatic rings. The number of oxime groups is 1. The zero-order chi connectivity index (χ0) is 15.6. The van der Waals surface area contributed by atoms with Crippen LogP contribution in [0.15, 0.2) is 59.8 Å². The van der Waals surface area contributed by atoms with Crippen molar-refractivity contribution in [1.29, 1.82) is 0 Å². The number of hydrogen-bond donors (Lipinski definition) is 0. The van der Waals surface area contributed by atoms with Gasteiger partial charge in [-0.3, -0.25) is 0 Å². The topological polar surface area (TPSA) is 40.0 Å². The molecule has 23 heavy (non-hydrogen) atoms. The SMILES string of the molecule is Cc1ccccc1[C@@H]1OC[C@@H]2ON=C(c3ccccc3)[C@@H]2CO1. The van der Waals surface area contributed by atoms with Gasteiger partial charge in [-0.05, 0) is 18.1 Å². The second-order valence-corrected chi connectivity index (χ2v) is 5.95. The van der Waals surface area contributed by atoms with Crippen LogP contribution in [0.4, 0.5) is 0 Å². The molecular formula is C19H19NO3. The van der Waals surface area contributed by atoms with E-state index in [2.05, 4.69) is 30.3 Å². The molecule has 0 spiro atoms. The van der Waals surface area contributed by atoms with Gasteiger partial charge in [0.1, 0.15) is 0 Å². The molecule has 118 valence electrons. The highest BCUT2D eigenvalue weighted by atomic mass is 16.7. The van der Waals surface area contributed by atoms with Crippen molar-refractivity contribution in [3.63, 3.8) is 0 Å². The van der Waals surface area contributed by atoms with Crippen LogP contribution in [0.25, 0.3) is 0 Å². The van der Waals surface area contributed by atoms with Crippen LogP contribution < -0.4 is 0 Å². The second kappa shape index (κ2) is 6.14. The Balaban J connectivity index is 1.54.